The molecule has 0 atom stereocenters. The van der Waals surface area contributed by atoms with Crippen molar-refractivity contribution >= 4 is 36.1 Å². The van der Waals surface area contributed by atoms with Gasteiger partial charge in [0.2, 0.25) is 0 Å². The minimum Gasteiger partial charge on any atom is -0.545 e. The van der Waals surface area contributed by atoms with Crippen molar-refractivity contribution in [1.82, 2.24) is 10.6 Å². The zero-order valence-corrected chi connectivity index (χ0v) is 29.3. The molecule has 45 heavy (non-hydrogen) atoms. The molecule has 2 heterocycles. The molecule has 0 saturated heterocycles. The third-order valence-electron chi connectivity index (χ3n) is 4.93. The van der Waals surface area contributed by atoms with Crippen molar-refractivity contribution in [3.05, 3.63) is 134 Å². The van der Waals surface area contributed by atoms with Crippen LogP contribution in [0.4, 0.5) is 0 Å². The average Bonchev–Trinajstić information content (AvgIpc) is 3.67. The van der Waals surface area contributed by atoms with E-state index >= 15 is 0 Å². The molecule has 2 radical (unpaired) electrons. The van der Waals surface area contributed by atoms with E-state index in [9.17, 15) is 24.0 Å². The Kier molecular flexibility index (Phi) is 19.5. The minimum absolute atomic E-state index is 0. The molecule has 4 aromatic rings. The maximum Gasteiger partial charge on any atom is 0.335 e. The number of carboxylic acid groups (broad SMARTS) is 2. The van der Waals surface area contributed by atoms with Crippen molar-refractivity contribution in [3.8, 4) is 22.6 Å². The van der Waals surface area contributed by atoms with Gasteiger partial charge in [-0.25, -0.2) is 15.7 Å². The summed E-state index contributed by atoms with van der Waals surface area (Å²) in [5, 5.41) is 22.1. The molecule has 0 aliphatic heterocycles. The summed E-state index contributed by atoms with van der Waals surface area (Å²) in [7, 11) is 0. The Morgan fingerprint density at radius 1 is 0.733 bits per heavy atom. The van der Waals surface area contributed by atoms with E-state index < -0.39 is 17.8 Å². The van der Waals surface area contributed by atoms with Crippen LogP contribution in [0.25, 0.3) is 28.7 Å². The van der Waals surface area contributed by atoms with E-state index in [0.717, 1.165) is 0 Å². The molecule has 2 aromatic carbocycles. The van der Waals surface area contributed by atoms with Gasteiger partial charge in [-0.2, -0.15) is 25.6 Å². The third-order valence-corrected chi connectivity index (χ3v) is 4.93. The number of rotatable bonds is 9. The van der Waals surface area contributed by atoms with Crippen molar-refractivity contribution in [2.75, 3.05) is 0 Å². The first-order chi connectivity index (χ1) is 20.6. The van der Waals surface area contributed by atoms with Gasteiger partial charge >= 0.3 is 11.9 Å². The Morgan fingerprint density at radius 3 is 1.58 bits per heavy atom. The van der Waals surface area contributed by atoms with Crippen LogP contribution in [0.1, 0.15) is 37.0 Å². The number of hydrogen-bond acceptors (Lipinski definition) is 7. The normalized spacial score (nSPS) is 9.33. The summed E-state index contributed by atoms with van der Waals surface area (Å²) in [6.45, 7) is 9.32. The Bertz CT molecular complexity index is 1660. The average molecular weight is 758 g/mol. The number of nitrogens with one attached hydrogen (secondary N) is 2. The zero-order valence-electron chi connectivity index (χ0n) is 23.6. The quantitative estimate of drug-likeness (QED) is 0.0804. The van der Waals surface area contributed by atoms with E-state index in [4.69, 9.17) is 19.0 Å². The largest absolute Gasteiger partial charge is 0.545 e. The zero-order chi connectivity index (χ0) is 31.8. The number of aldehydes is 1. The molecule has 0 aliphatic carbocycles. The summed E-state index contributed by atoms with van der Waals surface area (Å²) in [5.74, 6) is -1.26. The van der Waals surface area contributed by atoms with E-state index in [2.05, 4.69) is 49.2 Å². The van der Waals surface area contributed by atoms with Gasteiger partial charge in [0.25, 0.3) is 0 Å². The van der Waals surface area contributed by atoms with E-state index in [1.165, 1.54) is 36.4 Å². The van der Waals surface area contributed by atoms with Crippen LogP contribution in [0, 0.1) is 25.4 Å². The van der Waals surface area contributed by atoms with Crippen LogP contribution in [0.3, 0.4) is 0 Å². The van der Waals surface area contributed by atoms with Crippen molar-refractivity contribution in [3.63, 3.8) is 0 Å². The van der Waals surface area contributed by atoms with Gasteiger partial charge in [0.15, 0.2) is 12.0 Å². The van der Waals surface area contributed by atoms with Crippen LogP contribution in [-0.2, 0) is 75.0 Å². The fourth-order valence-corrected chi connectivity index (χ4v) is 3.12. The molecule has 0 unspecified atom stereocenters. The Morgan fingerprint density at radius 2 is 1.20 bits per heavy atom. The van der Waals surface area contributed by atoms with Gasteiger partial charge in [0.1, 0.15) is 11.5 Å². The number of benzene rings is 2. The number of aromatic carboxylic acids is 2. The van der Waals surface area contributed by atoms with Crippen LogP contribution in [-0.4, -0.2) is 40.3 Å². The molecule has 0 bridgehead atoms. The van der Waals surface area contributed by atoms with Crippen molar-refractivity contribution in [1.29, 1.82) is 0 Å². The van der Waals surface area contributed by atoms with Crippen molar-refractivity contribution in [2.45, 2.75) is 0 Å². The van der Waals surface area contributed by atoms with Crippen molar-refractivity contribution < 1.29 is 108 Å². The number of carbonyl (C=O) groups excluding carboxylic acids is 3. The topological polar surface area (TPSA) is 176 Å². The molecule has 13 heteroatoms. The van der Waals surface area contributed by atoms with Crippen molar-refractivity contribution in [2.24, 2.45) is 0 Å². The summed E-state index contributed by atoms with van der Waals surface area (Å²) >= 11 is 0. The molecule has 0 fully saturated rings. The maximum absolute atomic E-state index is 11.1. The van der Waals surface area contributed by atoms with Gasteiger partial charge in [0, 0.05) is 76.5 Å². The molecule has 2 aromatic heterocycles. The predicted molar refractivity (Wildman–Crippen MR) is 155 cm³/mol. The van der Waals surface area contributed by atoms with E-state index in [1.807, 2.05) is 0 Å². The van der Waals surface area contributed by atoms with Crippen LogP contribution >= 0.6 is 0 Å². The second-order valence-electron chi connectivity index (χ2n) is 7.94. The molecule has 0 saturated carbocycles. The van der Waals surface area contributed by atoms with Gasteiger partial charge < -0.3 is 46.2 Å². The molecule has 0 aliphatic rings. The van der Waals surface area contributed by atoms with Crippen LogP contribution < -0.4 is 10.6 Å². The summed E-state index contributed by atoms with van der Waals surface area (Å²) in [6.07, 6.45) is 8.79. The summed E-state index contributed by atoms with van der Waals surface area (Å²) in [6, 6.07) is 19.2. The van der Waals surface area contributed by atoms with Gasteiger partial charge in [-0.3, -0.25) is 10.9 Å². The molecule has 2 amide bonds. The summed E-state index contributed by atoms with van der Waals surface area (Å²) < 4.78 is 10.7. The first-order valence-corrected chi connectivity index (χ1v) is 12.0. The smallest absolute Gasteiger partial charge is 0.335 e. The number of hydrogen-bond donors (Lipinski definition) is 4. The Labute approximate surface area is 309 Å². The van der Waals surface area contributed by atoms with Gasteiger partial charge in [-0.05, 0) is 54.1 Å². The molecule has 226 valence electrons. The second-order valence-corrected chi connectivity index (χ2v) is 7.94. The molecule has 4 rings (SSSR count). The second kappa shape index (κ2) is 21.5. The third kappa shape index (κ3) is 14.5. The molecule has 4 N–H and O–H groups in total. The van der Waals surface area contributed by atoms with Crippen LogP contribution in [0.2, 0.25) is 0 Å². The van der Waals surface area contributed by atoms with Crippen LogP contribution in [0.5, 0.6) is 0 Å². The number of carboxylic acids is 2. The molecule has 0 spiro atoms. The fraction of sp³-hybridized carbons (Fsp3) is 0. The monoisotopic (exact) mass is 758 g/mol. The summed E-state index contributed by atoms with van der Waals surface area (Å²) in [4.78, 5) is 53.0. The Balaban J connectivity index is 0.000000718. The van der Waals surface area contributed by atoms with E-state index in [0.29, 0.717) is 34.7 Å². The number of amides is 2. The van der Waals surface area contributed by atoms with Gasteiger partial charge in [-0.1, -0.05) is 36.2 Å². The maximum atomic E-state index is 11.1. The van der Waals surface area contributed by atoms with Gasteiger partial charge in [0.05, 0.1) is 11.1 Å². The first kappa shape index (κ1) is 40.8. The number of furan rings is 2. The fourth-order valence-electron chi connectivity index (χ4n) is 3.12. The standard InChI is InChI=1S/C16H11NO4.C12H8O4.C4H5NO.2Y/c1-2-17-15(18)9-7-13-6-8-14(21-13)11-4-3-5-12(10-11)16(19)20;13-7-10-4-5-11(16-10)8-2-1-3-9(6-8)12(14)15;1-3-5-4(2)6;;/h3-8,10H,1H2,(H,17,18)(H,19,20);1-7H,(H,14,15);1-2H2,(H,5,6);;/q-2;;-2;;. The van der Waals surface area contributed by atoms with Crippen LogP contribution in [0.15, 0.2) is 94.8 Å². The van der Waals surface area contributed by atoms with E-state index in [1.54, 1.807) is 42.5 Å². The SMILES string of the molecule is C=[C-]NC(=O)[C-]=Cc1ccc(-c2cccc(C(=O)O)c2)o1.C=[C-]NC([CH2-])=O.O=Cc1ccc(-c2cccc(C(=O)O)c2)o1.[Y].[Y]. The minimum atomic E-state index is -1.01. The predicted octanol–water partition coefficient (Wildman–Crippen LogP) is 4.86. The molecule has 11 nitrogen and oxygen atoms in total. The number of carbonyl (C=O) groups is 5. The van der Waals surface area contributed by atoms with E-state index in [-0.39, 0.29) is 88.2 Å². The molecular weight excluding hydrogens is 734 g/mol. The first-order valence-electron chi connectivity index (χ1n) is 12.0. The Hall–Kier alpha value is -4.15. The molecular formula is C32H24N2O9Y2-4. The summed E-state index contributed by atoms with van der Waals surface area (Å²) in [5.41, 5.74) is 1.63. The van der Waals surface area contributed by atoms with Gasteiger partial charge in [-0.15, -0.1) is 0 Å².